The minimum atomic E-state index is -3.48. The number of aliphatic hydroxyl groups excluding tert-OH is 1. The number of amides is 1. The smallest absolute Gasteiger partial charge is 0.387 e. The Labute approximate surface area is 200 Å². The zero-order valence-corrected chi connectivity index (χ0v) is 20.3. The van der Waals surface area contributed by atoms with Crippen molar-refractivity contribution in [2.24, 2.45) is 0 Å². The number of aromatic nitrogens is 4. The number of hydrogen-bond acceptors (Lipinski definition) is 8. The number of rotatable bonds is 6. The molecule has 1 saturated heterocycles. The Hall–Kier alpha value is -3.19. The van der Waals surface area contributed by atoms with E-state index in [1.54, 1.807) is 17.7 Å². The van der Waals surface area contributed by atoms with Crippen LogP contribution in [0.15, 0.2) is 24.5 Å². The summed E-state index contributed by atoms with van der Waals surface area (Å²) in [6.45, 7) is 3.93. The number of nitrogens with one attached hydrogen (secondary N) is 1. The Kier molecular flexibility index (Phi) is 6.26. The van der Waals surface area contributed by atoms with Crippen molar-refractivity contribution in [1.82, 2.24) is 25.1 Å². The molecule has 1 aliphatic rings. The molecular formula is C22H25F2N5O5S. The Balaban J connectivity index is 1.75. The lowest BCUT2D eigenvalue weighted by atomic mass is 9.98. The van der Waals surface area contributed by atoms with Gasteiger partial charge in [-0.25, -0.2) is 8.42 Å². The molecular weight excluding hydrogens is 484 g/mol. The summed E-state index contributed by atoms with van der Waals surface area (Å²) in [6.07, 6.45) is 1.27. The maximum Gasteiger partial charge on any atom is 0.387 e. The Morgan fingerprint density at radius 1 is 1.29 bits per heavy atom. The quantitative estimate of drug-likeness (QED) is 0.517. The van der Waals surface area contributed by atoms with Gasteiger partial charge in [0.25, 0.3) is 5.91 Å². The van der Waals surface area contributed by atoms with Crippen LogP contribution in [0.25, 0.3) is 22.3 Å². The number of fused-ring (bicyclic) bond motifs is 1. The van der Waals surface area contributed by atoms with Crippen LogP contribution in [0.3, 0.4) is 0 Å². The molecule has 4 heterocycles. The molecule has 0 saturated carbocycles. The highest BCUT2D eigenvalue weighted by Gasteiger charge is 2.47. The average molecular weight is 510 g/mol. The van der Waals surface area contributed by atoms with Gasteiger partial charge in [-0.3, -0.25) is 19.4 Å². The highest BCUT2D eigenvalue weighted by Crippen LogP contribution is 2.33. The zero-order chi connectivity index (χ0) is 25.7. The second-order valence-corrected chi connectivity index (χ2v) is 11.2. The number of hydrogen-bond donors (Lipinski definition) is 2. The summed E-state index contributed by atoms with van der Waals surface area (Å²) in [6, 6.07) is 2.83. The molecule has 35 heavy (non-hydrogen) atoms. The molecule has 0 spiro atoms. The van der Waals surface area contributed by atoms with Gasteiger partial charge in [-0.1, -0.05) is 0 Å². The van der Waals surface area contributed by atoms with Crippen LogP contribution >= 0.6 is 0 Å². The second kappa shape index (κ2) is 8.79. The summed E-state index contributed by atoms with van der Waals surface area (Å²) in [5.41, 5.74) is 1.10. The van der Waals surface area contributed by atoms with Crippen molar-refractivity contribution in [1.29, 1.82) is 0 Å². The van der Waals surface area contributed by atoms with E-state index in [2.05, 4.69) is 25.1 Å². The predicted octanol–water partition coefficient (Wildman–Crippen LogP) is 2.26. The van der Waals surface area contributed by atoms with Crippen LogP contribution in [-0.2, 0) is 9.84 Å². The lowest BCUT2D eigenvalue weighted by Crippen LogP contribution is -2.54. The Morgan fingerprint density at radius 3 is 2.60 bits per heavy atom. The van der Waals surface area contributed by atoms with Crippen LogP contribution in [0.1, 0.15) is 42.9 Å². The summed E-state index contributed by atoms with van der Waals surface area (Å²) < 4.78 is 55.4. The highest BCUT2D eigenvalue weighted by molar-refractivity contribution is 7.91. The van der Waals surface area contributed by atoms with Gasteiger partial charge in [0.1, 0.15) is 17.0 Å². The molecule has 3 aromatic heterocycles. The van der Waals surface area contributed by atoms with Crippen molar-refractivity contribution in [3.63, 3.8) is 0 Å². The maximum atomic E-state index is 13.0. The summed E-state index contributed by atoms with van der Waals surface area (Å²) in [4.78, 5) is 21.5. The fourth-order valence-electron chi connectivity index (χ4n) is 4.13. The largest absolute Gasteiger partial charge is 0.433 e. The summed E-state index contributed by atoms with van der Waals surface area (Å²) in [5.74, 6) is -1.52. The standard InChI is InChI=1S/C22H25F2N5O5S/c1-11(2)29-16-5-13(20(31)27-22(4)10-35(32,33)9-17(22)30)7-26-19(16)18(28-29)15-6-14(34-21(23)24)8-25-12(15)3/h5-8,11,17,21,30H,9-10H2,1-4H3,(H,27,31)/t17-,22-/m1/s1. The van der Waals surface area contributed by atoms with E-state index in [1.807, 2.05) is 13.8 Å². The number of nitrogens with zero attached hydrogens (tertiary/aromatic N) is 4. The van der Waals surface area contributed by atoms with Crippen LogP contribution in [0.5, 0.6) is 5.75 Å². The molecule has 1 aliphatic heterocycles. The van der Waals surface area contributed by atoms with Crippen molar-refractivity contribution < 1.29 is 31.8 Å². The number of carbonyl (C=O) groups excluding carboxylic acids is 1. The third-order valence-electron chi connectivity index (χ3n) is 5.91. The van der Waals surface area contributed by atoms with E-state index in [9.17, 15) is 27.1 Å². The van der Waals surface area contributed by atoms with Gasteiger partial charge in [0.2, 0.25) is 0 Å². The number of halogens is 2. The number of pyridine rings is 2. The Morgan fingerprint density at radius 2 is 2.00 bits per heavy atom. The van der Waals surface area contributed by atoms with Crippen molar-refractivity contribution in [2.45, 2.75) is 52.0 Å². The van der Waals surface area contributed by atoms with Gasteiger partial charge in [-0.05, 0) is 39.8 Å². The molecule has 1 amide bonds. The van der Waals surface area contributed by atoms with E-state index in [-0.39, 0.29) is 23.1 Å². The SMILES string of the molecule is Cc1ncc(OC(F)F)cc1-c1nn(C(C)C)c2cc(C(=O)N[C@]3(C)CS(=O)(=O)C[C@H]3O)cnc12. The number of alkyl halides is 2. The predicted molar refractivity (Wildman–Crippen MR) is 123 cm³/mol. The molecule has 3 aromatic rings. The van der Waals surface area contributed by atoms with E-state index in [0.29, 0.717) is 28.0 Å². The molecule has 0 radical (unpaired) electrons. The van der Waals surface area contributed by atoms with Gasteiger partial charge in [0.15, 0.2) is 9.84 Å². The number of ether oxygens (including phenoxy) is 1. The monoisotopic (exact) mass is 509 g/mol. The third-order valence-corrected chi connectivity index (χ3v) is 7.77. The van der Waals surface area contributed by atoms with E-state index in [0.717, 1.165) is 0 Å². The normalized spacial score (nSPS) is 21.7. The van der Waals surface area contributed by atoms with Gasteiger partial charge in [-0.15, -0.1) is 0 Å². The molecule has 188 valence electrons. The summed E-state index contributed by atoms with van der Waals surface area (Å²) in [5, 5.41) is 17.5. The molecule has 0 bridgehead atoms. The summed E-state index contributed by atoms with van der Waals surface area (Å²) >= 11 is 0. The maximum absolute atomic E-state index is 13.0. The third kappa shape index (κ3) is 4.82. The fourth-order valence-corrected chi connectivity index (χ4v) is 6.27. The van der Waals surface area contributed by atoms with Crippen molar-refractivity contribution >= 4 is 26.8 Å². The highest BCUT2D eigenvalue weighted by atomic mass is 32.2. The molecule has 10 nitrogen and oxygen atoms in total. The van der Waals surface area contributed by atoms with Gasteiger partial charge in [0.05, 0.1) is 40.4 Å². The number of aryl methyl sites for hydroxylation is 1. The van der Waals surface area contributed by atoms with Gasteiger partial charge in [-0.2, -0.15) is 13.9 Å². The van der Waals surface area contributed by atoms with Crippen LogP contribution in [0.2, 0.25) is 0 Å². The topological polar surface area (TPSA) is 136 Å². The molecule has 2 N–H and O–H groups in total. The fraction of sp³-hybridized carbons (Fsp3) is 0.455. The van der Waals surface area contributed by atoms with E-state index >= 15 is 0 Å². The first-order chi connectivity index (χ1) is 16.3. The lowest BCUT2D eigenvalue weighted by Gasteiger charge is -2.27. The van der Waals surface area contributed by atoms with Gasteiger partial charge >= 0.3 is 6.61 Å². The number of sulfone groups is 1. The molecule has 0 unspecified atom stereocenters. The molecule has 13 heteroatoms. The lowest BCUT2D eigenvalue weighted by molar-refractivity contribution is -0.0500. The average Bonchev–Trinajstić information content (AvgIpc) is 3.22. The minimum absolute atomic E-state index is 0.123. The minimum Gasteiger partial charge on any atom is -0.433 e. The van der Waals surface area contributed by atoms with Crippen LogP contribution < -0.4 is 10.1 Å². The van der Waals surface area contributed by atoms with Crippen LogP contribution in [-0.4, -0.2) is 68.9 Å². The molecule has 4 rings (SSSR count). The first-order valence-electron chi connectivity index (χ1n) is 10.8. The van der Waals surface area contributed by atoms with E-state index in [4.69, 9.17) is 0 Å². The molecule has 1 fully saturated rings. The van der Waals surface area contributed by atoms with E-state index in [1.165, 1.54) is 25.4 Å². The van der Waals surface area contributed by atoms with Crippen LogP contribution in [0, 0.1) is 6.92 Å². The number of carbonyl (C=O) groups is 1. The first kappa shape index (κ1) is 24.9. The molecule has 0 aliphatic carbocycles. The van der Waals surface area contributed by atoms with E-state index < -0.39 is 39.8 Å². The molecule has 2 atom stereocenters. The first-order valence-corrected chi connectivity index (χ1v) is 12.6. The Bertz CT molecular complexity index is 1410. The van der Waals surface area contributed by atoms with Gasteiger partial charge in [0, 0.05) is 23.5 Å². The van der Waals surface area contributed by atoms with Crippen molar-refractivity contribution in [3.05, 3.63) is 35.8 Å². The van der Waals surface area contributed by atoms with Crippen molar-refractivity contribution in [3.8, 4) is 17.0 Å². The zero-order valence-electron chi connectivity index (χ0n) is 19.5. The second-order valence-electron chi connectivity index (χ2n) is 9.10. The number of aliphatic hydroxyl groups is 1. The molecule has 0 aromatic carbocycles. The van der Waals surface area contributed by atoms with Gasteiger partial charge < -0.3 is 15.2 Å². The van der Waals surface area contributed by atoms with Crippen molar-refractivity contribution in [2.75, 3.05) is 11.5 Å². The van der Waals surface area contributed by atoms with Crippen LogP contribution in [0.4, 0.5) is 8.78 Å². The summed E-state index contributed by atoms with van der Waals surface area (Å²) in [7, 11) is -3.48.